The Morgan fingerprint density at radius 1 is 0.964 bits per heavy atom. The van der Waals surface area contributed by atoms with Gasteiger partial charge in [0.25, 0.3) is 0 Å². The van der Waals surface area contributed by atoms with E-state index in [9.17, 15) is 4.79 Å². The summed E-state index contributed by atoms with van der Waals surface area (Å²) in [6, 6.07) is 19.9. The standard InChI is InChI=1S/C23H22N2O3/c1-27-14-16-9-10-18-21(12-16)25(13-15-5-3-6-17(11-15)28-2)20-8-4-7-19(22(18)20)23(24)26/h3-12H,13-14H2,1-2H3,(H2,24,26). The van der Waals surface area contributed by atoms with E-state index in [1.165, 1.54) is 0 Å². The van der Waals surface area contributed by atoms with E-state index in [2.05, 4.69) is 16.7 Å². The minimum absolute atomic E-state index is 0.424. The van der Waals surface area contributed by atoms with Gasteiger partial charge in [-0.3, -0.25) is 4.79 Å². The molecule has 0 aliphatic rings. The average Bonchev–Trinajstić information content (AvgIpc) is 3.01. The zero-order valence-corrected chi connectivity index (χ0v) is 15.9. The molecular formula is C23H22N2O3. The zero-order valence-electron chi connectivity index (χ0n) is 15.9. The summed E-state index contributed by atoms with van der Waals surface area (Å²) >= 11 is 0. The molecule has 3 aromatic carbocycles. The molecule has 0 aliphatic carbocycles. The van der Waals surface area contributed by atoms with E-state index >= 15 is 0 Å². The Morgan fingerprint density at radius 3 is 2.54 bits per heavy atom. The first-order chi connectivity index (χ1) is 13.6. The van der Waals surface area contributed by atoms with Crippen LogP contribution >= 0.6 is 0 Å². The van der Waals surface area contributed by atoms with Crippen molar-refractivity contribution in [1.29, 1.82) is 0 Å². The maximum Gasteiger partial charge on any atom is 0.249 e. The van der Waals surface area contributed by atoms with E-state index in [4.69, 9.17) is 15.2 Å². The first-order valence-corrected chi connectivity index (χ1v) is 9.08. The van der Waals surface area contributed by atoms with Crippen molar-refractivity contribution in [2.24, 2.45) is 5.73 Å². The van der Waals surface area contributed by atoms with Crippen LogP contribution in [0.3, 0.4) is 0 Å². The lowest BCUT2D eigenvalue weighted by Crippen LogP contribution is -2.11. The number of benzene rings is 3. The Hall–Kier alpha value is -3.31. The Balaban J connectivity index is 1.99. The summed E-state index contributed by atoms with van der Waals surface area (Å²) in [6.07, 6.45) is 0. The molecular weight excluding hydrogens is 352 g/mol. The number of rotatable bonds is 6. The van der Waals surface area contributed by atoms with E-state index in [-0.39, 0.29) is 0 Å². The van der Waals surface area contributed by atoms with Crippen LogP contribution in [0, 0.1) is 0 Å². The molecule has 5 heteroatoms. The summed E-state index contributed by atoms with van der Waals surface area (Å²) in [5.74, 6) is 0.392. The number of carbonyl (C=O) groups excluding carboxylic acids is 1. The minimum Gasteiger partial charge on any atom is -0.497 e. The monoisotopic (exact) mass is 374 g/mol. The highest BCUT2D eigenvalue weighted by Crippen LogP contribution is 2.33. The van der Waals surface area contributed by atoms with Gasteiger partial charge in [-0.25, -0.2) is 0 Å². The van der Waals surface area contributed by atoms with Crippen LogP contribution in [0.2, 0.25) is 0 Å². The van der Waals surface area contributed by atoms with Gasteiger partial charge in [-0.1, -0.05) is 30.3 Å². The Labute approximate surface area is 163 Å². The van der Waals surface area contributed by atoms with E-state index in [0.29, 0.717) is 18.7 Å². The second kappa shape index (κ2) is 7.37. The summed E-state index contributed by atoms with van der Waals surface area (Å²) in [5.41, 5.74) is 10.4. The third-order valence-electron chi connectivity index (χ3n) is 5.01. The van der Waals surface area contributed by atoms with Gasteiger partial charge in [0.15, 0.2) is 0 Å². The molecule has 142 valence electrons. The number of carbonyl (C=O) groups is 1. The van der Waals surface area contributed by atoms with Crippen molar-refractivity contribution in [2.75, 3.05) is 14.2 Å². The number of nitrogens with two attached hydrogens (primary N) is 1. The molecule has 0 aliphatic heterocycles. The lowest BCUT2D eigenvalue weighted by molar-refractivity contribution is 0.100. The number of hydrogen-bond donors (Lipinski definition) is 1. The van der Waals surface area contributed by atoms with Crippen LogP contribution in [-0.4, -0.2) is 24.7 Å². The number of aromatic nitrogens is 1. The van der Waals surface area contributed by atoms with Crippen LogP contribution < -0.4 is 10.5 Å². The van der Waals surface area contributed by atoms with E-state index in [1.807, 2.05) is 42.5 Å². The number of nitrogens with zero attached hydrogens (tertiary/aromatic N) is 1. The maximum atomic E-state index is 12.1. The maximum absolute atomic E-state index is 12.1. The molecule has 0 radical (unpaired) electrons. The summed E-state index contributed by atoms with van der Waals surface area (Å²) in [5, 5.41) is 1.89. The van der Waals surface area contributed by atoms with Gasteiger partial charge in [0.05, 0.1) is 19.2 Å². The predicted octanol–water partition coefficient (Wildman–Crippen LogP) is 4.10. The first kappa shape index (κ1) is 18.1. The van der Waals surface area contributed by atoms with Gasteiger partial charge in [-0.05, 0) is 41.5 Å². The van der Waals surface area contributed by atoms with Crippen LogP contribution in [0.4, 0.5) is 0 Å². The lowest BCUT2D eigenvalue weighted by atomic mass is 10.0. The molecule has 4 aromatic rings. The lowest BCUT2D eigenvalue weighted by Gasteiger charge is -2.10. The van der Waals surface area contributed by atoms with Crippen molar-refractivity contribution in [3.05, 3.63) is 77.4 Å². The molecule has 0 saturated carbocycles. The van der Waals surface area contributed by atoms with Crippen molar-refractivity contribution < 1.29 is 14.3 Å². The summed E-state index contributed by atoms with van der Waals surface area (Å²) in [4.78, 5) is 12.1. The summed E-state index contributed by atoms with van der Waals surface area (Å²) in [7, 11) is 3.34. The molecule has 2 N–H and O–H groups in total. The molecule has 28 heavy (non-hydrogen) atoms. The number of amides is 1. The second-order valence-corrected chi connectivity index (χ2v) is 6.79. The second-order valence-electron chi connectivity index (χ2n) is 6.79. The SMILES string of the molecule is COCc1ccc2c3c(C(N)=O)cccc3n(Cc3cccc(OC)c3)c2c1. The van der Waals surface area contributed by atoms with Gasteiger partial charge in [0.1, 0.15) is 5.75 Å². The fraction of sp³-hybridized carbons (Fsp3) is 0.174. The van der Waals surface area contributed by atoms with Crippen molar-refractivity contribution in [3.8, 4) is 5.75 Å². The van der Waals surface area contributed by atoms with Crippen LogP contribution in [0.15, 0.2) is 60.7 Å². The zero-order chi connectivity index (χ0) is 19.7. The summed E-state index contributed by atoms with van der Waals surface area (Å²) < 4.78 is 12.9. The van der Waals surface area contributed by atoms with Crippen LogP contribution in [0.1, 0.15) is 21.5 Å². The number of ether oxygens (including phenoxy) is 2. The Bertz CT molecular complexity index is 1180. The Morgan fingerprint density at radius 2 is 1.79 bits per heavy atom. The van der Waals surface area contributed by atoms with E-state index < -0.39 is 5.91 Å². The van der Waals surface area contributed by atoms with Crippen LogP contribution in [-0.2, 0) is 17.9 Å². The normalized spacial score (nSPS) is 11.2. The quantitative estimate of drug-likeness (QED) is 0.553. The number of fused-ring (bicyclic) bond motifs is 3. The van der Waals surface area contributed by atoms with E-state index in [0.717, 1.165) is 38.7 Å². The third kappa shape index (κ3) is 3.10. The molecule has 5 nitrogen and oxygen atoms in total. The van der Waals surface area contributed by atoms with Gasteiger partial charge >= 0.3 is 0 Å². The van der Waals surface area contributed by atoms with Gasteiger partial charge in [-0.2, -0.15) is 0 Å². The van der Waals surface area contributed by atoms with Crippen molar-refractivity contribution >= 4 is 27.7 Å². The van der Waals surface area contributed by atoms with Crippen molar-refractivity contribution in [2.45, 2.75) is 13.2 Å². The van der Waals surface area contributed by atoms with Crippen LogP contribution in [0.5, 0.6) is 5.75 Å². The smallest absolute Gasteiger partial charge is 0.249 e. The molecule has 0 fully saturated rings. The minimum atomic E-state index is -0.424. The topological polar surface area (TPSA) is 66.5 Å². The molecule has 1 amide bonds. The van der Waals surface area contributed by atoms with Crippen molar-refractivity contribution in [3.63, 3.8) is 0 Å². The number of hydrogen-bond acceptors (Lipinski definition) is 3. The highest BCUT2D eigenvalue weighted by atomic mass is 16.5. The van der Waals surface area contributed by atoms with Crippen molar-refractivity contribution in [1.82, 2.24) is 4.57 Å². The number of primary amides is 1. The first-order valence-electron chi connectivity index (χ1n) is 9.08. The fourth-order valence-electron chi connectivity index (χ4n) is 3.78. The summed E-state index contributed by atoms with van der Waals surface area (Å²) in [6.45, 7) is 1.18. The largest absolute Gasteiger partial charge is 0.497 e. The molecule has 4 rings (SSSR count). The highest BCUT2D eigenvalue weighted by molar-refractivity contribution is 6.17. The highest BCUT2D eigenvalue weighted by Gasteiger charge is 2.17. The van der Waals surface area contributed by atoms with Gasteiger partial charge < -0.3 is 19.8 Å². The molecule has 0 bridgehead atoms. The Kier molecular flexibility index (Phi) is 4.75. The fourth-order valence-corrected chi connectivity index (χ4v) is 3.78. The third-order valence-corrected chi connectivity index (χ3v) is 5.01. The van der Waals surface area contributed by atoms with E-state index in [1.54, 1.807) is 20.3 Å². The molecule has 0 spiro atoms. The molecule has 0 unspecified atom stereocenters. The molecule has 0 atom stereocenters. The van der Waals surface area contributed by atoms with Gasteiger partial charge in [-0.15, -0.1) is 0 Å². The molecule has 1 heterocycles. The molecule has 1 aromatic heterocycles. The average molecular weight is 374 g/mol. The predicted molar refractivity (Wildman–Crippen MR) is 111 cm³/mol. The van der Waals surface area contributed by atoms with Crippen LogP contribution in [0.25, 0.3) is 21.8 Å². The molecule has 0 saturated heterocycles. The van der Waals surface area contributed by atoms with Gasteiger partial charge in [0.2, 0.25) is 5.91 Å². The van der Waals surface area contributed by atoms with Gasteiger partial charge in [0, 0.05) is 35.5 Å². The number of methoxy groups -OCH3 is 2.